The third kappa shape index (κ3) is 3.68. The SMILES string of the molecule is CO[C@H](C)c1nnc(C2CC(CC(=O)c3cc(-c4ccccc4)on3)C2)o1. The summed E-state index contributed by atoms with van der Waals surface area (Å²) in [5, 5.41) is 12.1. The molecule has 1 saturated carbocycles. The predicted molar refractivity (Wildman–Crippen MR) is 96.1 cm³/mol. The fourth-order valence-electron chi connectivity index (χ4n) is 3.29. The highest BCUT2D eigenvalue weighted by Gasteiger charge is 2.36. The molecule has 7 nitrogen and oxygen atoms in total. The van der Waals surface area contributed by atoms with E-state index in [1.807, 2.05) is 37.3 Å². The van der Waals surface area contributed by atoms with E-state index in [1.54, 1.807) is 13.2 Å². The molecule has 0 aliphatic heterocycles. The molecule has 1 aliphatic rings. The molecule has 0 radical (unpaired) electrons. The van der Waals surface area contributed by atoms with Gasteiger partial charge in [-0.15, -0.1) is 10.2 Å². The van der Waals surface area contributed by atoms with Crippen LogP contribution in [0.3, 0.4) is 0 Å². The third-order valence-electron chi connectivity index (χ3n) is 5.07. The van der Waals surface area contributed by atoms with Crippen LogP contribution in [0.4, 0.5) is 0 Å². The normalized spacial score (nSPS) is 20.2. The van der Waals surface area contributed by atoms with Crippen molar-refractivity contribution < 1.29 is 18.5 Å². The Morgan fingerprint density at radius 2 is 2.04 bits per heavy atom. The molecular weight excluding hydrogens is 346 g/mol. The molecule has 2 aromatic heterocycles. The summed E-state index contributed by atoms with van der Waals surface area (Å²) in [5.74, 6) is 2.24. The number of hydrogen-bond acceptors (Lipinski definition) is 7. The quantitative estimate of drug-likeness (QED) is 0.578. The van der Waals surface area contributed by atoms with Crippen LogP contribution in [0, 0.1) is 5.92 Å². The van der Waals surface area contributed by atoms with Crippen LogP contribution in [0.25, 0.3) is 11.3 Å². The Morgan fingerprint density at radius 3 is 2.78 bits per heavy atom. The maximum Gasteiger partial charge on any atom is 0.244 e. The largest absolute Gasteiger partial charge is 0.422 e. The van der Waals surface area contributed by atoms with Gasteiger partial charge >= 0.3 is 0 Å². The van der Waals surface area contributed by atoms with Crippen molar-refractivity contribution in [1.82, 2.24) is 15.4 Å². The molecule has 140 valence electrons. The van der Waals surface area contributed by atoms with Crippen LogP contribution in [0.2, 0.25) is 0 Å². The minimum Gasteiger partial charge on any atom is -0.422 e. The molecule has 4 rings (SSSR count). The smallest absolute Gasteiger partial charge is 0.244 e. The Morgan fingerprint density at radius 1 is 1.26 bits per heavy atom. The van der Waals surface area contributed by atoms with Crippen molar-refractivity contribution in [2.75, 3.05) is 7.11 Å². The number of carbonyl (C=O) groups is 1. The van der Waals surface area contributed by atoms with Gasteiger partial charge in [0, 0.05) is 31.1 Å². The standard InChI is InChI=1S/C20H21N3O4/c1-12(25-2)19-21-22-20(26-19)15-8-13(9-15)10-17(24)16-11-18(27-23-16)14-6-4-3-5-7-14/h3-7,11-13,15H,8-10H2,1-2H3/t12-,13?,15?/m1/s1. The van der Waals surface area contributed by atoms with E-state index in [2.05, 4.69) is 15.4 Å². The molecule has 1 atom stereocenters. The molecule has 0 saturated heterocycles. The lowest BCUT2D eigenvalue weighted by atomic mass is 9.72. The van der Waals surface area contributed by atoms with Crippen LogP contribution in [-0.4, -0.2) is 28.2 Å². The molecule has 0 bridgehead atoms. The van der Waals surface area contributed by atoms with Gasteiger partial charge in [-0.05, 0) is 25.7 Å². The third-order valence-corrected chi connectivity index (χ3v) is 5.07. The Balaban J connectivity index is 1.32. The highest BCUT2D eigenvalue weighted by molar-refractivity contribution is 5.95. The van der Waals surface area contributed by atoms with E-state index in [0.29, 0.717) is 35.6 Å². The van der Waals surface area contributed by atoms with Gasteiger partial charge in [-0.3, -0.25) is 4.79 Å². The van der Waals surface area contributed by atoms with Crippen LogP contribution >= 0.6 is 0 Å². The minimum absolute atomic E-state index is 0.00334. The number of methoxy groups -OCH3 is 1. The average Bonchev–Trinajstić information content (AvgIpc) is 3.34. The molecular formula is C20H21N3O4. The van der Waals surface area contributed by atoms with Crippen molar-refractivity contribution in [1.29, 1.82) is 0 Å². The summed E-state index contributed by atoms with van der Waals surface area (Å²) in [6, 6.07) is 11.3. The second-order valence-electron chi connectivity index (χ2n) is 6.96. The van der Waals surface area contributed by atoms with Gasteiger partial charge in [0.25, 0.3) is 0 Å². The number of carbonyl (C=O) groups excluding carboxylic acids is 1. The van der Waals surface area contributed by atoms with E-state index in [1.165, 1.54) is 0 Å². The minimum atomic E-state index is -0.213. The lowest BCUT2D eigenvalue weighted by Gasteiger charge is -2.32. The van der Waals surface area contributed by atoms with Gasteiger partial charge in [0.1, 0.15) is 11.8 Å². The number of nitrogens with zero attached hydrogens (tertiary/aromatic N) is 3. The van der Waals surface area contributed by atoms with Crippen molar-refractivity contribution in [3.05, 3.63) is 53.9 Å². The number of benzene rings is 1. The van der Waals surface area contributed by atoms with Crippen molar-refractivity contribution in [2.45, 2.75) is 38.2 Å². The zero-order chi connectivity index (χ0) is 18.8. The van der Waals surface area contributed by atoms with Crippen LogP contribution in [-0.2, 0) is 4.74 Å². The molecule has 0 N–H and O–H groups in total. The number of aromatic nitrogens is 3. The molecule has 7 heteroatoms. The topological polar surface area (TPSA) is 91.2 Å². The second kappa shape index (κ2) is 7.44. The van der Waals surface area contributed by atoms with Crippen molar-refractivity contribution in [2.24, 2.45) is 5.92 Å². The molecule has 0 spiro atoms. The van der Waals surface area contributed by atoms with E-state index in [-0.39, 0.29) is 17.8 Å². The summed E-state index contributed by atoms with van der Waals surface area (Å²) in [7, 11) is 1.60. The first kappa shape index (κ1) is 17.6. The first-order chi connectivity index (χ1) is 13.1. The number of hydrogen-bond donors (Lipinski definition) is 0. The van der Waals surface area contributed by atoms with Gasteiger partial charge in [0.05, 0.1) is 0 Å². The number of rotatable bonds is 7. The number of ether oxygens (including phenoxy) is 1. The van der Waals surface area contributed by atoms with Crippen LogP contribution in [0.5, 0.6) is 0 Å². The molecule has 1 aromatic carbocycles. The summed E-state index contributed by atoms with van der Waals surface area (Å²) < 4.78 is 16.2. The molecule has 1 aliphatic carbocycles. The zero-order valence-corrected chi connectivity index (χ0v) is 15.3. The van der Waals surface area contributed by atoms with E-state index in [0.717, 1.165) is 18.4 Å². The zero-order valence-electron chi connectivity index (χ0n) is 15.3. The number of Topliss-reactive ketones (excluding diaryl/α,β-unsaturated/α-hetero) is 1. The van der Waals surface area contributed by atoms with Gasteiger partial charge in [-0.25, -0.2) is 0 Å². The van der Waals surface area contributed by atoms with E-state index < -0.39 is 0 Å². The van der Waals surface area contributed by atoms with E-state index in [4.69, 9.17) is 13.7 Å². The molecule has 2 heterocycles. The highest BCUT2D eigenvalue weighted by atomic mass is 16.5. The van der Waals surface area contributed by atoms with Crippen molar-refractivity contribution >= 4 is 5.78 Å². The van der Waals surface area contributed by atoms with Gasteiger partial charge < -0.3 is 13.7 Å². The summed E-state index contributed by atoms with van der Waals surface area (Å²) in [5.41, 5.74) is 1.29. The molecule has 1 fully saturated rings. The van der Waals surface area contributed by atoms with Crippen molar-refractivity contribution in [3.63, 3.8) is 0 Å². The van der Waals surface area contributed by atoms with Gasteiger partial charge in [-0.2, -0.15) is 0 Å². The van der Waals surface area contributed by atoms with E-state index in [9.17, 15) is 4.79 Å². The first-order valence-corrected chi connectivity index (χ1v) is 9.05. The Labute approximate surface area is 156 Å². The summed E-state index contributed by atoms with van der Waals surface area (Å²) in [6.45, 7) is 1.86. The summed E-state index contributed by atoms with van der Waals surface area (Å²) in [4.78, 5) is 12.5. The van der Waals surface area contributed by atoms with Crippen LogP contribution in [0.1, 0.15) is 60.5 Å². The maximum absolute atomic E-state index is 12.5. The Bertz CT molecular complexity index is 912. The fourth-order valence-corrected chi connectivity index (χ4v) is 3.29. The lowest BCUT2D eigenvalue weighted by molar-refractivity contribution is 0.0872. The van der Waals surface area contributed by atoms with E-state index >= 15 is 0 Å². The molecule has 0 amide bonds. The van der Waals surface area contributed by atoms with Crippen molar-refractivity contribution in [3.8, 4) is 11.3 Å². The maximum atomic E-state index is 12.5. The molecule has 3 aromatic rings. The molecule has 27 heavy (non-hydrogen) atoms. The van der Waals surface area contributed by atoms with Gasteiger partial charge in [0.2, 0.25) is 11.8 Å². The average molecular weight is 367 g/mol. The number of ketones is 1. The summed E-state index contributed by atoms with van der Waals surface area (Å²) >= 11 is 0. The van der Waals surface area contributed by atoms with Gasteiger partial charge in [-0.1, -0.05) is 35.5 Å². The van der Waals surface area contributed by atoms with Crippen LogP contribution in [0.15, 0.2) is 45.3 Å². The molecule has 0 unspecified atom stereocenters. The summed E-state index contributed by atoms with van der Waals surface area (Å²) in [6.07, 6.45) is 1.96. The lowest BCUT2D eigenvalue weighted by Crippen LogP contribution is -2.24. The Hall–Kier alpha value is -2.80. The van der Waals surface area contributed by atoms with Gasteiger partial charge in [0.15, 0.2) is 11.5 Å². The monoisotopic (exact) mass is 367 g/mol. The second-order valence-corrected chi connectivity index (χ2v) is 6.96. The fraction of sp³-hybridized carbons (Fsp3) is 0.400. The van der Waals surface area contributed by atoms with Crippen LogP contribution < -0.4 is 0 Å². The highest BCUT2D eigenvalue weighted by Crippen LogP contribution is 2.43. The Kier molecular flexibility index (Phi) is 4.85. The first-order valence-electron chi connectivity index (χ1n) is 9.05. The predicted octanol–water partition coefficient (Wildman–Crippen LogP) is 4.20.